The van der Waals surface area contributed by atoms with Gasteiger partial charge in [-0.2, -0.15) is 4.31 Å². The fourth-order valence-corrected chi connectivity index (χ4v) is 5.08. The van der Waals surface area contributed by atoms with Crippen molar-refractivity contribution in [2.24, 2.45) is 5.92 Å². The molecule has 30 heavy (non-hydrogen) atoms. The molecule has 2 aromatic rings. The maximum atomic E-state index is 14.0. The van der Waals surface area contributed by atoms with E-state index < -0.39 is 32.4 Å². The minimum atomic E-state index is -3.98. The third-order valence-corrected chi connectivity index (χ3v) is 7.31. The van der Waals surface area contributed by atoms with Crippen molar-refractivity contribution in [1.29, 1.82) is 0 Å². The van der Waals surface area contributed by atoms with Gasteiger partial charge in [-0.3, -0.25) is 14.9 Å². The minimum absolute atomic E-state index is 0.0697. The minimum Gasteiger partial charge on any atom is -0.313 e. The normalized spacial score (nSPS) is 15.7. The van der Waals surface area contributed by atoms with Crippen molar-refractivity contribution in [3.8, 4) is 0 Å². The summed E-state index contributed by atoms with van der Waals surface area (Å²) < 4.78 is 40.9. The van der Waals surface area contributed by atoms with Crippen LogP contribution in [0.3, 0.4) is 0 Å². The molecule has 1 heterocycles. The molecular weight excluding hydrogens is 437 g/mol. The molecule has 0 aromatic heterocycles. The Morgan fingerprint density at radius 3 is 2.47 bits per heavy atom. The van der Waals surface area contributed by atoms with E-state index in [0.717, 1.165) is 6.07 Å². The SMILES string of the molecule is CN(C(=O)C1CCN(S(=O)(=O)c2ccc(Cl)c([N+](=O)[O-])c2)CC1)c1ccccc1F. The molecule has 0 atom stereocenters. The molecule has 8 nitrogen and oxygen atoms in total. The molecule has 2 aromatic carbocycles. The van der Waals surface area contributed by atoms with Gasteiger partial charge in [-0.25, -0.2) is 12.8 Å². The highest BCUT2D eigenvalue weighted by Crippen LogP contribution is 2.31. The number of carbonyl (C=O) groups excluding carboxylic acids is 1. The molecular formula is C19H19ClFN3O5S. The number of nitro benzene ring substituents is 1. The highest BCUT2D eigenvalue weighted by molar-refractivity contribution is 7.89. The van der Waals surface area contributed by atoms with Crippen LogP contribution in [-0.2, 0) is 14.8 Å². The lowest BCUT2D eigenvalue weighted by Gasteiger charge is -2.32. The molecule has 1 aliphatic rings. The van der Waals surface area contributed by atoms with E-state index in [2.05, 4.69) is 0 Å². The molecule has 1 amide bonds. The first-order chi connectivity index (χ1) is 14.1. The van der Waals surface area contributed by atoms with Crippen LogP contribution in [0, 0.1) is 21.8 Å². The molecule has 1 fully saturated rings. The standard InChI is InChI=1S/C19H19ClFN3O5S/c1-22(17-5-3-2-4-16(17)21)19(25)13-8-10-23(11-9-13)30(28,29)14-6-7-15(20)18(12-14)24(26)27/h2-7,12-13H,8-11H2,1H3. The van der Waals surface area contributed by atoms with Crippen LogP contribution in [0.4, 0.5) is 15.8 Å². The van der Waals surface area contributed by atoms with Gasteiger partial charge in [0, 0.05) is 32.1 Å². The second-order valence-corrected chi connectivity index (χ2v) is 9.24. The summed E-state index contributed by atoms with van der Waals surface area (Å²) in [4.78, 5) is 24.0. The van der Waals surface area contributed by atoms with E-state index in [9.17, 15) is 27.7 Å². The van der Waals surface area contributed by atoms with Gasteiger partial charge >= 0.3 is 0 Å². The van der Waals surface area contributed by atoms with Crippen LogP contribution in [0.15, 0.2) is 47.4 Å². The van der Waals surface area contributed by atoms with Gasteiger partial charge < -0.3 is 4.90 Å². The van der Waals surface area contributed by atoms with Gasteiger partial charge in [-0.15, -0.1) is 0 Å². The molecule has 0 unspecified atom stereocenters. The van der Waals surface area contributed by atoms with Gasteiger partial charge in [0.2, 0.25) is 15.9 Å². The number of halogens is 2. The summed E-state index contributed by atoms with van der Waals surface area (Å²) in [6.45, 7) is 0.139. The first-order valence-electron chi connectivity index (χ1n) is 9.09. The van der Waals surface area contributed by atoms with Crippen LogP contribution < -0.4 is 4.90 Å². The van der Waals surface area contributed by atoms with Crippen molar-refractivity contribution in [2.75, 3.05) is 25.0 Å². The number of nitrogens with zero attached hydrogens (tertiary/aromatic N) is 3. The van der Waals surface area contributed by atoms with Crippen LogP contribution in [0.1, 0.15) is 12.8 Å². The summed E-state index contributed by atoms with van der Waals surface area (Å²) >= 11 is 5.75. The summed E-state index contributed by atoms with van der Waals surface area (Å²) in [5, 5.41) is 10.9. The molecule has 3 rings (SSSR count). The maximum Gasteiger partial charge on any atom is 0.289 e. The number of nitro groups is 1. The van der Waals surface area contributed by atoms with Crippen molar-refractivity contribution < 1.29 is 22.5 Å². The number of amides is 1. The molecule has 0 N–H and O–H groups in total. The number of benzene rings is 2. The Morgan fingerprint density at radius 2 is 1.87 bits per heavy atom. The number of para-hydroxylation sites is 1. The summed E-state index contributed by atoms with van der Waals surface area (Å²) in [5.41, 5.74) is -0.333. The zero-order chi connectivity index (χ0) is 22.1. The quantitative estimate of drug-likeness (QED) is 0.507. The Morgan fingerprint density at radius 1 is 1.23 bits per heavy atom. The molecule has 1 aliphatic heterocycles. The number of piperidine rings is 1. The van der Waals surface area contributed by atoms with E-state index in [1.54, 1.807) is 6.07 Å². The van der Waals surface area contributed by atoms with Crippen molar-refractivity contribution in [1.82, 2.24) is 4.31 Å². The second kappa shape index (κ2) is 8.66. The zero-order valence-corrected chi connectivity index (χ0v) is 17.6. The van der Waals surface area contributed by atoms with Gasteiger partial charge in [-0.05, 0) is 37.1 Å². The smallest absolute Gasteiger partial charge is 0.289 e. The summed E-state index contributed by atoms with van der Waals surface area (Å²) in [5.74, 6) is -1.27. The van der Waals surface area contributed by atoms with Gasteiger partial charge in [0.25, 0.3) is 5.69 Å². The van der Waals surface area contributed by atoms with E-state index in [-0.39, 0.29) is 47.4 Å². The topological polar surface area (TPSA) is 101 Å². The van der Waals surface area contributed by atoms with Crippen molar-refractivity contribution in [3.05, 3.63) is 63.4 Å². The number of hydrogen-bond donors (Lipinski definition) is 0. The van der Waals surface area contributed by atoms with Gasteiger partial charge in [0.1, 0.15) is 10.8 Å². The Bertz CT molecular complexity index is 1090. The molecule has 0 spiro atoms. The number of rotatable bonds is 5. The monoisotopic (exact) mass is 455 g/mol. The Kier molecular flexibility index (Phi) is 6.39. The van der Waals surface area contributed by atoms with Crippen LogP contribution in [-0.4, -0.2) is 43.7 Å². The average molecular weight is 456 g/mol. The summed E-state index contributed by atoms with van der Waals surface area (Å²) in [7, 11) is -2.49. The third kappa shape index (κ3) is 4.30. The van der Waals surface area contributed by atoms with Crippen molar-refractivity contribution in [3.63, 3.8) is 0 Å². The van der Waals surface area contributed by atoms with Crippen LogP contribution >= 0.6 is 11.6 Å². The number of sulfonamides is 1. The van der Waals surface area contributed by atoms with Crippen LogP contribution in [0.25, 0.3) is 0 Å². The number of hydrogen-bond acceptors (Lipinski definition) is 5. The van der Waals surface area contributed by atoms with Crippen molar-refractivity contribution >= 4 is 38.9 Å². The Balaban J connectivity index is 1.72. The fraction of sp³-hybridized carbons (Fsp3) is 0.316. The van der Waals surface area contributed by atoms with E-state index in [1.165, 1.54) is 46.6 Å². The fourth-order valence-electron chi connectivity index (χ4n) is 3.40. The zero-order valence-electron chi connectivity index (χ0n) is 16.0. The van der Waals surface area contributed by atoms with Crippen LogP contribution in [0.2, 0.25) is 5.02 Å². The lowest BCUT2D eigenvalue weighted by molar-refractivity contribution is -0.384. The predicted octanol–water partition coefficient (Wildman–Crippen LogP) is 3.45. The van der Waals surface area contributed by atoms with E-state index >= 15 is 0 Å². The third-order valence-electron chi connectivity index (χ3n) is 5.10. The van der Waals surface area contributed by atoms with E-state index in [4.69, 9.17) is 11.6 Å². The lowest BCUT2D eigenvalue weighted by Crippen LogP contribution is -2.43. The average Bonchev–Trinajstić information content (AvgIpc) is 2.73. The molecule has 0 saturated carbocycles. The molecule has 0 aliphatic carbocycles. The van der Waals surface area contributed by atoms with E-state index in [1.807, 2.05) is 0 Å². The molecule has 0 bridgehead atoms. The highest BCUT2D eigenvalue weighted by Gasteiger charge is 2.34. The van der Waals surface area contributed by atoms with Gasteiger partial charge in [0.15, 0.2) is 0 Å². The highest BCUT2D eigenvalue weighted by atomic mass is 35.5. The van der Waals surface area contributed by atoms with Crippen LogP contribution in [0.5, 0.6) is 0 Å². The number of carbonyl (C=O) groups is 1. The Labute approximate surface area is 178 Å². The summed E-state index contributed by atoms with van der Waals surface area (Å²) in [6.07, 6.45) is 0.513. The maximum absolute atomic E-state index is 14.0. The molecule has 0 radical (unpaired) electrons. The molecule has 160 valence electrons. The predicted molar refractivity (Wildman–Crippen MR) is 109 cm³/mol. The lowest BCUT2D eigenvalue weighted by atomic mass is 9.96. The molecule has 11 heteroatoms. The summed E-state index contributed by atoms with van der Waals surface area (Å²) in [6, 6.07) is 9.24. The number of anilines is 1. The van der Waals surface area contributed by atoms with Crippen molar-refractivity contribution in [2.45, 2.75) is 17.7 Å². The first kappa shape index (κ1) is 22.1. The van der Waals surface area contributed by atoms with Gasteiger partial charge in [-0.1, -0.05) is 23.7 Å². The Hall–Kier alpha value is -2.56. The first-order valence-corrected chi connectivity index (χ1v) is 10.9. The second-order valence-electron chi connectivity index (χ2n) is 6.90. The van der Waals surface area contributed by atoms with E-state index in [0.29, 0.717) is 0 Å². The molecule has 1 saturated heterocycles. The largest absolute Gasteiger partial charge is 0.313 e. The van der Waals surface area contributed by atoms with Gasteiger partial charge in [0.05, 0.1) is 15.5 Å².